The molecule has 2 aromatic carbocycles. The number of hydrogen-bond acceptors (Lipinski definition) is 5. The summed E-state index contributed by atoms with van der Waals surface area (Å²) < 4.78 is 5.99. The first-order chi connectivity index (χ1) is 19.2. The summed E-state index contributed by atoms with van der Waals surface area (Å²) in [5.41, 5.74) is 3.24. The van der Waals surface area contributed by atoms with E-state index in [4.69, 9.17) is 14.4 Å². The molecule has 0 unspecified atom stereocenters. The summed E-state index contributed by atoms with van der Waals surface area (Å²) in [6, 6.07) is 16.1. The van der Waals surface area contributed by atoms with E-state index in [0.717, 1.165) is 48.1 Å². The van der Waals surface area contributed by atoms with E-state index >= 15 is 0 Å². The van der Waals surface area contributed by atoms with Gasteiger partial charge in [-0.25, -0.2) is 9.59 Å². The van der Waals surface area contributed by atoms with Gasteiger partial charge in [-0.05, 0) is 42.9 Å². The van der Waals surface area contributed by atoms with Gasteiger partial charge in [0.2, 0.25) is 0 Å². The highest BCUT2D eigenvalue weighted by atomic mass is 16.8. The molecule has 0 saturated heterocycles. The smallest absolute Gasteiger partial charge is 0.346 e. The number of amides is 2. The average molecular weight is 553 g/mol. The topological polar surface area (TPSA) is 61.8 Å². The first-order valence-corrected chi connectivity index (χ1v) is 14.9. The summed E-state index contributed by atoms with van der Waals surface area (Å²) in [4.78, 5) is 39.5. The van der Waals surface area contributed by atoms with Gasteiger partial charge < -0.3 is 4.74 Å². The van der Waals surface area contributed by atoms with E-state index < -0.39 is 12.2 Å². The number of ether oxygens (including phenoxy) is 1. The Balaban J connectivity index is 2.03. The first kappa shape index (κ1) is 31.9. The van der Waals surface area contributed by atoms with E-state index in [-0.39, 0.29) is 21.1 Å². The van der Waals surface area contributed by atoms with Crippen LogP contribution < -0.4 is 4.74 Å². The SMILES string of the molecule is [CH2]C(=O)[N+](CCC)(CCC)O[C@H]1Cc2cccc(OCc3ccccc3)c2C[C@@H]1O[N+](CCC)(CCC)C([CH2])=O. The summed E-state index contributed by atoms with van der Waals surface area (Å²) in [5.74, 6) is 0.275. The van der Waals surface area contributed by atoms with Crippen molar-refractivity contribution in [2.45, 2.75) is 85.0 Å². The zero-order valence-electron chi connectivity index (χ0n) is 24.9. The maximum absolute atomic E-state index is 13.0. The van der Waals surface area contributed by atoms with Crippen molar-refractivity contribution >= 4 is 11.8 Å². The van der Waals surface area contributed by atoms with Gasteiger partial charge in [0.25, 0.3) is 0 Å². The zero-order valence-corrected chi connectivity index (χ0v) is 24.9. The van der Waals surface area contributed by atoms with Crippen LogP contribution in [0.3, 0.4) is 0 Å². The van der Waals surface area contributed by atoms with E-state index in [9.17, 15) is 9.59 Å². The molecule has 7 heteroatoms. The third kappa shape index (κ3) is 7.58. The fraction of sp³-hybridized carbons (Fsp3) is 0.515. The van der Waals surface area contributed by atoms with Crippen molar-refractivity contribution in [2.24, 2.45) is 0 Å². The Morgan fingerprint density at radius 2 is 1.23 bits per heavy atom. The van der Waals surface area contributed by atoms with Gasteiger partial charge in [-0.2, -0.15) is 9.68 Å². The lowest BCUT2D eigenvalue weighted by atomic mass is 9.87. The maximum atomic E-state index is 13.0. The second-order valence-electron chi connectivity index (χ2n) is 10.8. The second kappa shape index (κ2) is 14.9. The highest BCUT2D eigenvalue weighted by Crippen LogP contribution is 2.36. The molecule has 0 heterocycles. The van der Waals surface area contributed by atoms with Crippen LogP contribution in [0.4, 0.5) is 0 Å². The minimum absolute atomic E-state index is 0.156. The molecule has 1 aliphatic carbocycles. The Morgan fingerprint density at radius 3 is 1.70 bits per heavy atom. The van der Waals surface area contributed by atoms with Crippen LogP contribution in [0, 0.1) is 13.8 Å². The number of hydroxylamine groups is 6. The summed E-state index contributed by atoms with van der Waals surface area (Å²) in [6.45, 7) is 18.3. The predicted octanol–water partition coefficient (Wildman–Crippen LogP) is 5.96. The average Bonchev–Trinajstić information content (AvgIpc) is 2.93. The number of carbonyl (C=O) groups excluding carboxylic acids is 2. The molecule has 7 nitrogen and oxygen atoms in total. The molecule has 40 heavy (non-hydrogen) atoms. The van der Waals surface area contributed by atoms with E-state index in [1.54, 1.807) is 0 Å². The quantitative estimate of drug-likeness (QED) is 0.202. The van der Waals surface area contributed by atoms with Crippen molar-refractivity contribution in [2.75, 3.05) is 26.2 Å². The third-order valence-corrected chi connectivity index (χ3v) is 7.63. The van der Waals surface area contributed by atoms with Gasteiger partial charge >= 0.3 is 11.8 Å². The zero-order chi connectivity index (χ0) is 29.2. The Bertz CT molecular complexity index is 1090. The number of nitrogens with zero attached hydrogens (tertiary/aromatic N) is 2. The second-order valence-corrected chi connectivity index (χ2v) is 10.8. The fourth-order valence-corrected chi connectivity index (χ4v) is 5.81. The molecule has 0 aromatic heterocycles. The molecule has 2 atom stereocenters. The minimum Gasteiger partial charge on any atom is -0.489 e. The standard InChI is InChI=1S/C33H48N2O5/c1-7-19-34(20-8-2,26(5)36)39-32-23-29-17-14-18-31(38-25-28-15-12-11-13-16-28)30(29)24-33(32)40-35(21-9-3,22-10-4)27(6)37/h11-18,32-33H,5-10,19-25H2,1-4H3/q+2/t32-,33-/m0/s1. The molecular formula is C33H48N2O5+2. The van der Waals surface area contributed by atoms with Gasteiger partial charge in [0.05, 0.1) is 13.8 Å². The molecule has 0 fully saturated rings. The first-order valence-electron chi connectivity index (χ1n) is 14.9. The van der Waals surface area contributed by atoms with Crippen molar-refractivity contribution in [1.29, 1.82) is 0 Å². The number of carbonyl (C=O) groups is 2. The van der Waals surface area contributed by atoms with Crippen LogP contribution in [0.2, 0.25) is 0 Å². The van der Waals surface area contributed by atoms with Crippen molar-refractivity contribution in [3.8, 4) is 5.75 Å². The molecule has 3 rings (SSSR count). The molecule has 2 radical (unpaired) electrons. The summed E-state index contributed by atoms with van der Waals surface area (Å²) in [5, 5.41) is 0. The molecule has 0 bridgehead atoms. The number of hydrogen-bond donors (Lipinski definition) is 0. The molecule has 0 spiro atoms. The summed E-state index contributed by atoms with van der Waals surface area (Å²) in [6.07, 6.45) is 3.18. The van der Waals surface area contributed by atoms with Gasteiger partial charge in [-0.1, -0.05) is 70.2 Å². The van der Waals surface area contributed by atoms with Gasteiger partial charge in [0.15, 0.2) is 12.2 Å². The number of rotatable bonds is 15. The van der Waals surface area contributed by atoms with Gasteiger partial charge in [-0.3, -0.25) is 0 Å². The number of fused-ring (bicyclic) bond motifs is 1. The predicted molar refractivity (Wildman–Crippen MR) is 156 cm³/mol. The molecule has 2 amide bonds. The normalized spacial score (nSPS) is 17.4. The Labute approximate surface area is 241 Å². The lowest BCUT2D eigenvalue weighted by molar-refractivity contribution is -1.07. The van der Waals surface area contributed by atoms with E-state index in [1.165, 1.54) is 0 Å². The molecular weight excluding hydrogens is 504 g/mol. The van der Waals surface area contributed by atoms with E-state index in [0.29, 0.717) is 45.6 Å². The van der Waals surface area contributed by atoms with Crippen molar-refractivity contribution in [1.82, 2.24) is 0 Å². The van der Waals surface area contributed by atoms with Crippen LogP contribution in [0.5, 0.6) is 5.75 Å². The summed E-state index contributed by atoms with van der Waals surface area (Å²) >= 11 is 0. The monoisotopic (exact) mass is 552 g/mol. The van der Waals surface area contributed by atoms with Crippen molar-refractivity contribution in [3.63, 3.8) is 0 Å². The Hall–Kier alpha value is -2.58. The van der Waals surface area contributed by atoms with Crippen LogP contribution in [0.25, 0.3) is 0 Å². The van der Waals surface area contributed by atoms with Crippen LogP contribution >= 0.6 is 0 Å². The lowest BCUT2D eigenvalue weighted by Crippen LogP contribution is -2.61. The minimum atomic E-state index is -0.483. The van der Waals surface area contributed by atoms with Crippen LogP contribution in [-0.2, 0) is 38.7 Å². The van der Waals surface area contributed by atoms with Crippen molar-refractivity contribution in [3.05, 3.63) is 79.1 Å². The number of benzene rings is 2. The van der Waals surface area contributed by atoms with E-state index in [1.807, 2.05) is 70.2 Å². The maximum Gasteiger partial charge on any atom is 0.346 e. The van der Waals surface area contributed by atoms with Crippen molar-refractivity contribution < 1.29 is 33.3 Å². The Morgan fingerprint density at radius 1 is 0.725 bits per heavy atom. The molecule has 0 aliphatic heterocycles. The van der Waals surface area contributed by atoms with Crippen LogP contribution in [-0.4, -0.2) is 59.5 Å². The van der Waals surface area contributed by atoms with Gasteiger partial charge in [0.1, 0.15) is 38.5 Å². The Kier molecular flexibility index (Phi) is 11.9. The van der Waals surface area contributed by atoms with E-state index in [2.05, 4.69) is 19.9 Å². The molecule has 1 aliphatic rings. The van der Waals surface area contributed by atoms with Gasteiger partial charge in [-0.15, -0.1) is 9.29 Å². The largest absolute Gasteiger partial charge is 0.489 e. The fourth-order valence-electron chi connectivity index (χ4n) is 5.81. The molecule has 0 N–H and O–H groups in total. The molecule has 0 saturated carbocycles. The molecule has 2 aromatic rings. The van der Waals surface area contributed by atoms with Gasteiger partial charge in [0, 0.05) is 18.4 Å². The third-order valence-electron chi connectivity index (χ3n) is 7.63. The highest BCUT2D eigenvalue weighted by molar-refractivity contribution is 5.73. The summed E-state index contributed by atoms with van der Waals surface area (Å²) in [7, 11) is 0. The highest BCUT2D eigenvalue weighted by Gasteiger charge is 2.47. The lowest BCUT2D eigenvalue weighted by Gasteiger charge is -2.42. The molecule has 218 valence electrons. The van der Waals surface area contributed by atoms with Crippen LogP contribution in [0.1, 0.15) is 70.1 Å². The van der Waals surface area contributed by atoms with Crippen LogP contribution in [0.15, 0.2) is 48.5 Å². The number of quaternary nitrogens is 2.